The Balaban J connectivity index is 0.00000132. The normalized spacial score (nSPS) is 10.1. The summed E-state index contributed by atoms with van der Waals surface area (Å²) in [4.78, 5) is 0. The average Bonchev–Trinajstić information content (AvgIpc) is 3.10. The summed E-state index contributed by atoms with van der Waals surface area (Å²) in [7, 11) is 0. The zero-order chi connectivity index (χ0) is 14.7. The van der Waals surface area contributed by atoms with E-state index in [1.165, 1.54) is 17.2 Å². The number of nitrogen functional groups attached to an aromatic ring is 1. The first kappa shape index (κ1) is 19.0. The molecule has 2 aromatic heterocycles. The second kappa shape index (κ2) is 8.56. The molecular formula is C13H13BrCl2N6O. The summed E-state index contributed by atoms with van der Waals surface area (Å²) in [6.45, 7) is 0. The molecule has 3 aromatic rings. The molecule has 3 rings (SSSR count). The number of nitrogens with two attached hydrogens (primary N) is 1. The van der Waals surface area contributed by atoms with Crippen molar-refractivity contribution in [1.29, 1.82) is 0 Å². The SMILES string of the molecule is Cl.Cl.Nn1cnnc1N/N=C/c1ccc(-c2ccc(Br)cc2)o1. The first-order valence-corrected chi connectivity index (χ1v) is 6.81. The van der Waals surface area contributed by atoms with Crippen molar-refractivity contribution in [2.24, 2.45) is 5.10 Å². The number of benzene rings is 1. The molecule has 0 aliphatic rings. The molecule has 0 atom stereocenters. The molecule has 0 aliphatic carbocycles. The number of hydrogen-bond acceptors (Lipinski definition) is 6. The van der Waals surface area contributed by atoms with Crippen LogP contribution in [0, 0.1) is 0 Å². The largest absolute Gasteiger partial charge is 0.455 e. The molecule has 7 nitrogen and oxygen atoms in total. The van der Waals surface area contributed by atoms with Gasteiger partial charge in [-0.2, -0.15) is 5.10 Å². The van der Waals surface area contributed by atoms with Gasteiger partial charge in [-0.05, 0) is 24.3 Å². The lowest BCUT2D eigenvalue weighted by Crippen LogP contribution is -2.10. The standard InChI is InChI=1S/C13H11BrN6O.2ClH/c14-10-3-1-9(2-4-10)12-6-5-11(21-12)7-16-18-13-19-17-8-20(13)15;;/h1-8H,15H2,(H,18,19);2*1H/b16-7+;;. The van der Waals surface area contributed by atoms with Gasteiger partial charge in [-0.1, -0.05) is 28.1 Å². The molecular weight excluding hydrogens is 407 g/mol. The van der Waals surface area contributed by atoms with Crippen molar-refractivity contribution in [3.8, 4) is 11.3 Å². The Morgan fingerprint density at radius 1 is 1.17 bits per heavy atom. The minimum atomic E-state index is 0. The van der Waals surface area contributed by atoms with Crippen LogP contribution in [0.5, 0.6) is 0 Å². The maximum absolute atomic E-state index is 5.68. The van der Waals surface area contributed by atoms with E-state index in [1.54, 1.807) is 0 Å². The van der Waals surface area contributed by atoms with Crippen LogP contribution in [0.1, 0.15) is 5.76 Å². The quantitative estimate of drug-likeness (QED) is 0.384. The van der Waals surface area contributed by atoms with E-state index >= 15 is 0 Å². The maximum atomic E-state index is 5.68. The lowest BCUT2D eigenvalue weighted by molar-refractivity contribution is 0.575. The lowest BCUT2D eigenvalue weighted by atomic mass is 10.2. The molecule has 0 saturated carbocycles. The zero-order valence-electron chi connectivity index (χ0n) is 11.6. The third kappa shape index (κ3) is 4.72. The number of nitrogens with zero attached hydrogens (tertiary/aromatic N) is 4. The monoisotopic (exact) mass is 418 g/mol. The molecule has 0 aliphatic heterocycles. The summed E-state index contributed by atoms with van der Waals surface area (Å²) in [6.07, 6.45) is 2.91. The summed E-state index contributed by atoms with van der Waals surface area (Å²) in [6, 6.07) is 11.6. The predicted octanol–water partition coefficient (Wildman–Crippen LogP) is 3.30. The third-order valence-electron chi connectivity index (χ3n) is 2.68. The van der Waals surface area contributed by atoms with E-state index in [1.807, 2.05) is 36.4 Å². The highest BCUT2D eigenvalue weighted by atomic mass is 79.9. The second-order valence-electron chi connectivity index (χ2n) is 4.14. The number of anilines is 1. The van der Waals surface area contributed by atoms with E-state index in [-0.39, 0.29) is 24.8 Å². The number of hydrazone groups is 1. The smallest absolute Gasteiger partial charge is 0.263 e. The van der Waals surface area contributed by atoms with Crippen LogP contribution < -0.4 is 11.3 Å². The second-order valence-corrected chi connectivity index (χ2v) is 5.06. The average molecular weight is 420 g/mol. The van der Waals surface area contributed by atoms with E-state index in [4.69, 9.17) is 10.3 Å². The summed E-state index contributed by atoms with van der Waals surface area (Å²) in [5, 5.41) is 11.3. The number of aromatic nitrogens is 3. The molecule has 2 heterocycles. The van der Waals surface area contributed by atoms with Crippen molar-refractivity contribution >= 4 is 52.9 Å². The molecule has 0 unspecified atom stereocenters. The predicted molar refractivity (Wildman–Crippen MR) is 97.7 cm³/mol. The molecule has 3 N–H and O–H groups in total. The van der Waals surface area contributed by atoms with Gasteiger partial charge < -0.3 is 10.3 Å². The molecule has 0 radical (unpaired) electrons. The zero-order valence-corrected chi connectivity index (χ0v) is 14.8. The highest BCUT2D eigenvalue weighted by molar-refractivity contribution is 9.10. The van der Waals surface area contributed by atoms with Crippen LogP contribution in [-0.4, -0.2) is 21.1 Å². The Bertz CT molecular complexity index is 771. The van der Waals surface area contributed by atoms with Crippen molar-refractivity contribution in [3.63, 3.8) is 0 Å². The Kier molecular flexibility index (Phi) is 7.08. The highest BCUT2D eigenvalue weighted by Crippen LogP contribution is 2.23. The molecule has 10 heteroatoms. The van der Waals surface area contributed by atoms with Gasteiger partial charge in [0.15, 0.2) is 0 Å². The molecule has 0 fully saturated rings. The van der Waals surface area contributed by atoms with Gasteiger partial charge in [0, 0.05) is 10.0 Å². The molecule has 0 saturated heterocycles. The van der Waals surface area contributed by atoms with E-state index < -0.39 is 0 Å². The van der Waals surface area contributed by atoms with Crippen LogP contribution in [0.15, 0.2) is 56.7 Å². The van der Waals surface area contributed by atoms with Gasteiger partial charge in [-0.3, -0.25) is 0 Å². The van der Waals surface area contributed by atoms with Crippen molar-refractivity contribution in [1.82, 2.24) is 14.9 Å². The summed E-state index contributed by atoms with van der Waals surface area (Å²) in [5.74, 6) is 7.26. The first-order chi connectivity index (χ1) is 10.2. The highest BCUT2D eigenvalue weighted by Gasteiger charge is 2.03. The van der Waals surface area contributed by atoms with Crippen LogP contribution in [-0.2, 0) is 0 Å². The fraction of sp³-hybridized carbons (Fsp3) is 0. The molecule has 0 amide bonds. The summed E-state index contributed by atoms with van der Waals surface area (Å²) in [5.41, 5.74) is 3.66. The van der Waals surface area contributed by atoms with Crippen molar-refractivity contribution < 1.29 is 4.42 Å². The van der Waals surface area contributed by atoms with Gasteiger partial charge in [0.05, 0.1) is 6.21 Å². The molecule has 0 bridgehead atoms. The van der Waals surface area contributed by atoms with Gasteiger partial charge in [-0.25, -0.2) is 10.1 Å². The Labute approximate surface area is 152 Å². The van der Waals surface area contributed by atoms with E-state index in [0.29, 0.717) is 11.7 Å². The van der Waals surface area contributed by atoms with Crippen molar-refractivity contribution in [3.05, 3.63) is 53.0 Å². The van der Waals surface area contributed by atoms with Crippen molar-refractivity contribution in [2.45, 2.75) is 0 Å². The van der Waals surface area contributed by atoms with Crippen LogP contribution in [0.4, 0.5) is 5.95 Å². The van der Waals surface area contributed by atoms with E-state index in [0.717, 1.165) is 15.8 Å². The van der Waals surface area contributed by atoms with Crippen LogP contribution in [0.25, 0.3) is 11.3 Å². The fourth-order valence-corrected chi connectivity index (χ4v) is 1.93. The summed E-state index contributed by atoms with van der Waals surface area (Å²) < 4.78 is 7.93. The van der Waals surface area contributed by atoms with Crippen LogP contribution in [0.2, 0.25) is 0 Å². The minimum absolute atomic E-state index is 0. The lowest BCUT2D eigenvalue weighted by Gasteiger charge is -1.97. The summed E-state index contributed by atoms with van der Waals surface area (Å²) >= 11 is 3.40. The van der Waals surface area contributed by atoms with Gasteiger partial charge in [0.1, 0.15) is 17.8 Å². The van der Waals surface area contributed by atoms with Gasteiger partial charge in [-0.15, -0.1) is 35.0 Å². The number of rotatable bonds is 4. The van der Waals surface area contributed by atoms with Crippen LogP contribution in [0.3, 0.4) is 0 Å². The maximum Gasteiger partial charge on any atom is 0.263 e. The number of nitrogens with one attached hydrogen (secondary N) is 1. The number of halogens is 3. The van der Waals surface area contributed by atoms with Gasteiger partial charge >= 0.3 is 0 Å². The topological polar surface area (TPSA) is 94.3 Å². The molecule has 23 heavy (non-hydrogen) atoms. The van der Waals surface area contributed by atoms with Crippen molar-refractivity contribution in [2.75, 3.05) is 11.3 Å². The third-order valence-corrected chi connectivity index (χ3v) is 3.21. The van der Waals surface area contributed by atoms with Gasteiger partial charge in [0.25, 0.3) is 5.95 Å². The Hall–Kier alpha value is -2.03. The minimum Gasteiger partial charge on any atom is -0.455 e. The van der Waals surface area contributed by atoms with Gasteiger partial charge in [0.2, 0.25) is 0 Å². The molecule has 1 aromatic carbocycles. The molecule has 0 spiro atoms. The number of hydrogen-bond donors (Lipinski definition) is 2. The molecule has 122 valence electrons. The van der Waals surface area contributed by atoms with E-state index in [9.17, 15) is 0 Å². The fourth-order valence-electron chi connectivity index (χ4n) is 1.67. The van der Waals surface area contributed by atoms with E-state index in [2.05, 4.69) is 36.7 Å². The van der Waals surface area contributed by atoms with Crippen LogP contribution >= 0.6 is 40.7 Å². The Morgan fingerprint density at radius 2 is 1.91 bits per heavy atom. The first-order valence-electron chi connectivity index (χ1n) is 6.02. The Morgan fingerprint density at radius 3 is 2.57 bits per heavy atom. The number of furan rings is 1.